The molecule has 1 aromatic heterocycles. The third-order valence-corrected chi connectivity index (χ3v) is 4.35. The van der Waals surface area contributed by atoms with Gasteiger partial charge < -0.3 is 10.6 Å². The fourth-order valence-corrected chi connectivity index (χ4v) is 3.20. The molecule has 1 aliphatic heterocycles. The monoisotopic (exact) mass is 283 g/mol. The Kier molecular flexibility index (Phi) is 3.88. The molecule has 1 aromatic carbocycles. The molecule has 2 atom stereocenters. The van der Waals surface area contributed by atoms with Crippen molar-refractivity contribution in [1.82, 2.24) is 9.88 Å². The SMILES string of the molecule is CC1CCCC(CN)N1C(=O)c1ccc2ccccc2n1. The van der Waals surface area contributed by atoms with Gasteiger partial charge >= 0.3 is 0 Å². The normalized spacial score (nSPS) is 22.5. The lowest BCUT2D eigenvalue weighted by atomic mass is 9.96. The number of pyridine rings is 1. The number of amides is 1. The van der Waals surface area contributed by atoms with E-state index in [0.29, 0.717) is 12.2 Å². The maximum absolute atomic E-state index is 12.8. The van der Waals surface area contributed by atoms with E-state index in [1.165, 1.54) is 0 Å². The molecule has 2 heterocycles. The number of para-hydroxylation sites is 1. The predicted molar refractivity (Wildman–Crippen MR) is 84.1 cm³/mol. The minimum Gasteiger partial charge on any atom is -0.330 e. The Balaban J connectivity index is 1.94. The van der Waals surface area contributed by atoms with Crippen molar-refractivity contribution >= 4 is 16.8 Å². The summed E-state index contributed by atoms with van der Waals surface area (Å²) in [6.07, 6.45) is 3.16. The van der Waals surface area contributed by atoms with Crippen LogP contribution in [0.5, 0.6) is 0 Å². The molecule has 0 spiro atoms. The lowest BCUT2D eigenvalue weighted by molar-refractivity contribution is 0.0488. The maximum Gasteiger partial charge on any atom is 0.273 e. The van der Waals surface area contributed by atoms with E-state index in [-0.39, 0.29) is 18.0 Å². The van der Waals surface area contributed by atoms with Gasteiger partial charge in [0.05, 0.1) is 5.52 Å². The molecular weight excluding hydrogens is 262 g/mol. The van der Waals surface area contributed by atoms with Gasteiger partial charge in [0.1, 0.15) is 5.69 Å². The zero-order valence-corrected chi connectivity index (χ0v) is 12.3. The molecule has 4 heteroatoms. The van der Waals surface area contributed by atoms with Crippen molar-refractivity contribution in [2.75, 3.05) is 6.54 Å². The standard InChI is InChI=1S/C17H21N3O/c1-12-5-4-7-14(11-18)20(12)17(21)16-10-9-13-6-2-3-8-15(13)19-16/h2-3,6,8-10,12,14H,4-5,7,11,18H2,1H3. The number of hydrogen-bond acceptors (Lipinski definition) is 3. The molecule has 1 fully saturated rings. The van der Waals surface area contributed by atoms with Crippen LogP contribution in [0, 0.1) is 0 Å². The second kappa shape index (κ2) is 5.82. The molecular formula is C17H21N3O. The van der Waals surface area contributed by atoms with Crippen LogP contribution in [0.4, 0.5) is 0 Å². The van der Waals surface area contributed by atoms with Gasteiger partial charge in [-0.05, 0) is 38.3 Å². The molecule has 0 radical (unpaired) electrons. The average molecular weight is 283 g/mol. The predicted octanol–water partition coefficient (Wildman–Crippen LogP) is 2.58. The summed E-state index contributed by atoms with van der Waals surface area (Å²) in [6, 6.07) is 12.0. The van der Waals surface area contributed by atoms with E-state index < -0.39 is 0 Å². The number of nitrogens with two attached hydrogens (primary N) is 1. The summed E-state index contributed by atoms with van der Waals surface area (Å²) >= 11 is 0. The average Bonchev–Trinajstić information content (AvgIpc) is 2.53. The van der Waals surface area contributed by atoms with Crippen molar-refractivity contribution in [1.29, 1.82) is 0 Å². The number of fused-ring (bicyclic) bond motifs is 1. The molecule has 2 aromatic rings. The molecule has 21 heavy (non-hydrogen) atoms. The molecule has 1 aliphatic rings. The Hall–Kier alpha value is -1.94. The van der Waals surface area contributed by atoms with Gasteiger partial charge in [-0.1, -0.05) is 24.3 Å². The van der Waals surface area contributed by atoms with Crippen molar-refractivity contribution in [2.24, 2.45) is 5.73 Å². The molecule has 2 unspecified atom stereocenters. The van der Waals surface area contributed by atoms with E-state index >= 15 is 0 Å². The summed E-state index contributed by atoms with van der Waals surface area (Å²) in [7, 11) is 0. The Morgan fingerprint density at radius 3 is 2.90 bits per heavy atom. The van der Waals surface area contributed by atoms with Crippen molar-refractivity contribution < 1.29 is 4.79 Å². The molecule has 0 saturated carbocycles. The zero-order valence-electron chi connectivity index (χ0n) is 12.3. The van der Waals surface area contributed by atoms with Gasteiger partial charge in [-0.15, -0.1) is 0 Å². The first kappa shape index (κ1) is 14.0. The Bertz CT molecular complexity index is 655. The summed E-state index contributed by atoms with van der Waals surface area (Å²) in [5, 5.41) is 1.05. The van der Waals surface area contributed by atoms with Crippen LogP contribution in [0.2, 0.25) is 0 Å². The number of rotatable bonds is 2. The van der Waals surface area contributed by atoms with E-state index in [1.807, 2.05) is 41.3 Å². The molecule has 0 bridgehead atoms. The van der Waals surface area contributed by atoms with Crippen molar-refractivity contribution in [3.05, 3.63) is 42.1 Å². The number of carbonyl (C=O) groups is 1. The van der Waals surface area contributed by atoms with Crippen LogP contribution in [0.25, 0.3) is 10.9 Å². The molecule has 2 N–H and O–H groups in total. The van der Waals surface area contributed by atoms with Gasteiger partial charge in [0.2, 0.25) is 0 Å². The third-order valence-electron chi connectivity index (χ3n) is 4.35. The fraction of sp³-hybridized carbons (Fsp3) is 0.412. The number of carbonyl (C=O) groups excluding carboxylic acids is 1. The topological polar surface area (TPSA) is 59.2 Å². The lowest BCUT2D eigenvalue weighted by Gasteiger charge is -2.40. The van der Waals surface area contributed by atoms with Gasteiger partial charge in [-0.3, -0.25) is 4.79 Å². The summed E-state index contributed by atoms with van der Waals surface area (Å²) in [6.45, 7) is 2.62. The lowest BCUT2D eigenvalue weighted by Crippen LogP contribution is -2.52. The molecule has 1 amide bonds. The smallest absolute Gasteiger partial charge is 0.273 e. The number of nitrogens with zero attached hydrogens (tertiary/aromatic N) is 2. The van der Waals surface area contributed by atoms with E-state index in [4.69, 9.17) is 5.73 Å². The van der Waals surface area contributed by atoms with Crippen molar-refractivity contribution in [3.8, 4) is 0 Å². The molecule has 110 valence electrons. The number of aromatic nitrogens is 1. The molecule has 0 aliphatic carbocycles. The highest BCUT2D eigenvalue weighted by atomic mass is 16.2. The van der Waals surface area contributed by atoms with Crippen LogP contribution in [0.1, 0.15) is 36.7 Å². The fourth-order valence-electron chi connectivity index (χ4n) is 3.20. The van der Waals surface area contributed by atoms with E-state index in [2.05, 4.69) is 11.9 Å². The summed E-state index contributed by atoms with van der Waals surface area (Å²) in [4.78, 5) is 19.3. The minimum atomic E-state index is 0.00315. The van der Waals surface area contributed by atoms with Crippen molar-refractivity contribution in [3.63, 3.8) is 0 Å². The molecule has 3 rings (SSSR count). The van der Waals surface area contributed by atoms with Crippen LogP contribution in [0.15, 0.2) is 36.4 Å². The van der Waals surface area contributed by atoms with E-state index in [1.54, 1.807) is 0 Å². The molecule has 4 nitrogen and oxygen atoms in total. The van der Waals surface area contributed by atoms with E-state index in [0.717, 1.165) is 30.2 Å². The van der Waals surface area contributed by atoms with Crippen LogP contribution < -0.4 is 5.73 Å². The Labute approximate surface area is 125 Å². The van der Waals surface area contributed by atoms with Gasteiger partial charge in [-0.25, -0.2) is 4.98 Å². The second-order valence-electron chi connectivity index (χ2n) is 5.77. The number of likely N-dealkylation sites (tertiary alicyclic amines) is 1. The summed E-state index contributed by atoms with van der Waals surface area (Å²) < 4.78 is 0. The van der Waals surface area contributed by atoms with Crippen LogP contribution in [-0.2, 0) is 0 Å². The number of benzene rings is 1. The largest absolute Gasteiger partial charge is 0.330 e. The third kappa shape index (κ3) is 2.63. The van der Waals surface area contributed by atoms with Gasteiger partial charge in [0, 0.05) is 24.0 Å². The summed E-state index contributed by atoms with van der Waals surface area (Å²) in [5.41, 5.74) is 7.22. The van der Waals surface area contributed by atoms with Crippen LogP contribution in [-0.4, -0.2) is 34.4 Å². The highest BCUT2D eigenvalue weighted by Gasteiger charge is 2.32. The number of hydrogen-bond donors (Lipinski definition) is 1. The first-order chi connectivity index (χ1) is 10.2. The summed E-state index contributed by atoms with van der Waals surface area (Å²) in [5.74, 6) is 0.00315. The van der Waals surface area contributed by atoms with Crippen molar-refractivity contribution in [2.45, 2.75) is 38.3 Å². The highest BCUT2D eigenvalue weighted by Crippen LogP contribution is 2.24. The van der Waals surface area contributed by atoms with Crippen LogP contribution in [0.3, 0.4) is 0 Å². The zero-order chi connectivity index (χ0) is 14.8. The maximum atomic E-state index is 12.8. The molecule has 1 saturated heterocycles. The van der Waals surface area contributed by atoms with Gasteiger partial charge in [-0.2, -0.15) is 0 Å². The quantitative estimate of drug-likeness (QED) is 0.921. The van der Waals surface area contributed by atoms with Crippen LogP contribution >= 0.6 is 0 Å². The van der Waals surface area contributed by atoms with E-state index in [9.17, 15) is 4.79 Å². The first-order valence-electron chi connectivity index (χ1n) is 7.59. The minimum absolute atomic E-state index is 0.00315. The first-order valence-corrected chi connectivity index (χ1v) is 7.59. The Morgan fingerprint density at radius 2 is 2.10 bits per heavy atom. The number of piperidine rings is 1. The highest BCUT2D eigenvalue weighted by molar-refractivity contribution is 5.95. The van der Waals surface area contributed by atoms with Gasteiger partial charge in [0.25, 0.3) is 5.91 Å². The second-order valence-corrected chi connectivity index (χ2v) is 5.77. The Morgan fingerprint density at radius 1 is 1.29 bits per heavy atom. The van der Waals surface area contributed by atoms with Gasteiger partial charge in [0.15, 0.2) is 0 Å².